The first-order chi connectivity index (χ1) is 16.1. The molecule has 0 unspecified atom stereocenters. The molecule has 0 bridgehead atoms. The molecule has 0 saturated heterocycles. The monoisotopic (exact) mass is 446 g/mol. The number of rotatable bonds is 8. The van der Waals surface area contributed by atoms with Crippen LogP contribution in [0.25, 0.3) is 17.1 Å². The number of aromatic nitrogens is 4. The molecule has 9 nitrogen and oxygen atoms in total. The van der Waals surface area contributed by atoms with E-state index in [0.29, 0.717) is 29.6 Å². The van der Waals surface area contributed by atoms with Crippen molar-refractivity contribution < 1.29 is 4.74 Å². The first-order valence-corrected chi connectivity index (χ1v) is 11.2. The molecule has 9 heteroatoms. The molecule has 3 aromatic heterocycles. The average molecular weight is 447 g/mol. The number of likely N-dealkylation sites (N-methyl/N-ethyl adjacent to an activating group) is 1. The summed E-state index contributed by atoms with van der Waals surface area (Å²) in [6, 6.07) is 11.3. The Bertz CT molecular complexity index is 1060. The summed E-state index contributed by atoms with van der Waals surface area (Å²) in [5.74, 6) is 7.28. The second kappa shape index (κ2) is 10.7. The van der Waals surface area contributed by atoms with Gasteiger partial charge >= 0.3 is 0 Å². The van der Waals surface area contributed by atoms with Gasteiger partial charge in [-0.05, 0) is 56.0 Å². The lowest BCUT2D eigenvalue weighted by Gasteiger charge is -2.23. The van der Waals surface area contributed by atoms with Crippen LogP contribution in [0.1, 0.15) is 37.8 Å². The van der Waals surface area contributed by atoms with E-state index in [-0.39, 0.29) is 6.10 Å². The quantitative estimate of drug-likeness (QED) is 0.353. The van der Waals surface area contributed by atoms with Crippen LogP contribution in [0.4, 0.5) is 5.95 Å². The van der Waals surface area contributed by atoms with Crippen LogP contribution in [0.3, 0.4) is 0 Å². The number of hydrogen-bond acceptors (Lipinski definition) is 9. The zero-order valence-electron chi connectivity index (χ0n) is 18.8. The van der Waals surface area contributed by atoms with Crippen LogP contribution in [0.5, 0.6) is 5.75 Å². The smallest absolute Gasteiger partial charge is 0.223 e. The molecule has 1 aliphatic rings. The average Bonchev–Trinajstić information content (AvgIpc) is 2.86. The molecule has 0 aromatic carbocycles. The van der Waals surface area contributed by atoms with E-state index in [4.69, 9.17) is 16.3 Å². The molecule has 1 saturated carbocycles. The third-order valence-corrected chi connectivity index (χ3v) is 5.60. The summed E-state index contributed by atoms with van der Waals surface area (Å²) in [5, 5.41) is 4.66. The lowest BCUT2D eigenvalue weighted by molar-refractivity contribution is 0.154. The van der Waals surface area contributed by atoms with E-state index < -0.39 is 0 Å². The molecular formula is C24H30N8O. The fraction of sp³-hybridized carbons (Fsp3) is 0.333. The summed E-state index contributed by atoms with van der Waals surface area (Å²) in [4.78, 5) is 17.7. The van der Waals surface area contributed by atoms with E-state index in [1.54, 1.807) is 25.6 Å². The number of anilines is 1. The van der Waals surface area contributed by atoms with E-state index in [1.165, 1.54) is 24.3 Å². The Morgan fingerprint density at radius 1 is 1.03 bits per heavy atom. The van der Waals surface area contributed by atoms with Gasteiger partial charge in [-0.15, -0.1) is 0 Å². The van der Waals surface area contributed by atoms with Crippen LogP contribution < -0.4 is 21.6 Å². The number of nitrogens with zero attached hydrogens (tertiary/aromatic N) is 5. The molecule has 33 heavy (non-hydrogen) atoms. The maximum Gasteiger partial charge on any atom is 0.223 e. The van der Waals surface area contributed by atoms with Gasteiger partial charge in [0.15, 0.2) is 0 Å². The van der Waals surface area contributed by atoms with Crippen molar-refractivity contribution in [2.24, 2.45) is 11.6 Å². The molecule has 0 radical (unpaired) electrons. The third kappa shape index (κ3) is 5.95. The Hall–Kier alpha value is -3.72. The van der Waals surface area contributed by atoms with E-state index in [0.717, 1.165) is 30.0 Å². The summed E-state index contributed by atoms with van der Waals surface area (Å²) in [5.41, 5.74) is 9.68. The summed E-state index contributed by atoms with van der Waals surface area (Å²) in [7, 11) is 1.73. The fourth-order valence-electron chi connectivity index (χ4n) is 3.81. The number of nitrogens with one attached hydrogen (secondary N) is 1. The number of hydrazine groups is 1. The van der Waals surface area contributed by atoms with Crippen molar-refractivity contribution in [1.29, 1.82) is 0 Å². The first-order valence-electron chi connectivity index (χ1n) is 11.2. The summed E-state index contributed by atoms with van der Waals surface area (Å²) < 4.78 is 6.06. The van der Waals surface area contributed by atoms with Crippen LogP contribution in [0, 0.1) is 0 Å². The number of nitrogens with two attached hydrogens (primary N) is 2. The first kappa shape index (κ1) is 22.5. The summed E-state index contributed by atoms with van der Waals surface area (Å²) in [6.07, 6.45) is 11.3. The minimum atomic E-state index is 0.274. The minimum Gasteiger partial charge on any atom is -0.489 e. The van der Waals surface area contributed by atoms with Crippen molar-refractivity contribution >= 4 is 11.6 Å². The highest BCUT2D eigenvalue weighted by molar-refractivity contribution is 5.64. The molecule has 172 valence electrons. The predicted octanol–water partition coefficient (Wildman–Crippen LogP) is 3.19. The zero-order valence-corrected chi connectivity index (χ0v) is 18.8. The van der Waals surface area contributed by atoms with Gasteiger partial charge in [0, 0.05) is 19.4 Å². The Kier molecular flexibility index (Phi) is 7.31. The lowest BCUT2D eigenvalue weighted by atomic mass is 9.98. The Labute approximate surface area is 193 Å². The van der Waals surface area contributed by atoms with Gasteiger partial charge in [-0.3, -0.25) is 9.97 Å². The van der Waals surface area contributed by atoms with Crippen LogP contribution >= 0.6 is 0 Å². The van der Waals surface area contributed by atoms with Crippen LogP contribution in [-0.4, -0.2) is 44.6 Å². The molecule has 1 aliphatic carbocycles. The molecule has 0 atom stereocenters. The number of pyridine rings is 2. The third-order valence-electron chi connectivity index (χ3n) is 5.60. The van der Waals surface area contributed by atoms with Gasteiger partial charge in [0.25, 0.3) is 0 Å². The SMILES string of the molecule is CN(N)/C(CNc1nccc(-c2ccccn2)n1)=C(\N)c1ccc(OC2CCCCC2)cn1. The largest absolute Gasteiger partial charge is 0.489 e. The van der Waals surface area contributed by atoms with Crippen LogP contribution in [-0.2, 0) is 0 Å². The molecule has 0 amide bonds. The topological polar surface area (TPSA) is 128 Å². The Morgan fingerprint density at radius 2 is 1.88 bits per heavy atom. The molecule has 5 N–H and O–H groups in total. The minimum absolute atomic E-state index is 0.274. The van der Waals surface area contributed by atoms with Gasteiger partial charge in [0.05, 0.1) is 47.3 Å². The number of ether oxygens (including phenoxy) is 1. The summed E-state index contributed by atoms with van der Waals surface area (Å²) >= 11 is 0. The van der Waals surface area contributed by atoms with Crippen molar-refractivity contribution in [3.8, 4) is 17.1 Å². The second-order valence-electron chi connectivity index (χ2n) is 8.06. The molecule has 1 fully saturated rings. The van der Waals surface area contributed by atoms with Crippen molar-refractivity contribution in [2.45, 2.75) is 38.2 Å². The molecule has 3 aromatic rings. The maximum atomic E-state index is 6.42. The van der Waals surface area contributed by atoms with Gasteiger partial charge in [-0.2, -0.15) is 0 Å². The van der Waals surface area contributed by atoms with Crippen molar-refractivity contribution in [3.05, 3.63) is 66.4 Å². The van der Waals surface area contributed by atoms with Gasteiger partial charge in [-0.1, -0.05) is 12.5 Å². The van der Waals surface area contributed by atoms with Crippen molar-refractivity contribution in [1.82, 2.24) is 24.9 Å². The van der Waals surface area contributed by atoms with Gasteiger partial charge in [0.2, 0.25) is 5.95 Å². The van der Waals surface area contributed by atoms with E-state index in [9.17, 15) is 0 Å². The number of hydrogen-bond donors (Lipinski definition) is 3. The van der Waals surface area contributed by atoms with Gasteiger partial charge < -0.3 is 20.8 Å². The highest BCUT2D eigenvalue weighted by Gasteiger charge is 2.16. The van der Waals surface area contributed by atoms with Crippen LogP contribution in [0.15, 0.2) is 60.7 Å². The molecule has 0 spiro atoms. The lowest BCUT2D eigenvalue weighted by Crippen LogP contribution is -2.32. The predicted molar refractivity (Wildman–Crippen MR) is 129 cm³/mol. The standard InChI is InChI=1S/C24H30N8O/c1-32(26)22(16-30-24-28-14-12-20(31-24)19-9-5-6-13-27-19)23(25)21-11-10-18(15-29-21)33-17-7-3-2-4-8-17/h5-6,9-15,17H,2-4,7-8,16,25-26H2,1H3,(H,28,30,31)/b23-22-. The van der Waals surface area contributed by atoms with Gasteiger partial charge in [-0.25, -0.2) is 15.8 Å². The van der Waals surface area contributed by atoms with E-state index in [2.05, 4.69) is 25.3 Å². The molecule has 4 rings (SSSR count). The van der Waals surface area contributed by atoms with Crippen LogP contribution in [0.2, 0.25) is 0 Å². The normalized spacial score (nSPS) is 15.0. The summed E-state index contributed by atoms with van der Waals surface area (Å²) in [6.45, 7) is 0.326. The van der Waals surface area contributed by atoms with Gasteiger partial charge in [0.1, 0.15) is 5.75 Å². The molecule has 0 aliphatic heterocycles. The highest BCUT2D eigenvalue weighted by Crippen LogP contribution is 2.24. The van der Waals surface area contributed by atoms with E-state index >= 15 is 0 Å². The highest BCUT2D eigenvalue weighted by atomic mass is 16.5. The molecule has 3 heterocycles. The second-order valence-corrected chi connectivity index (χ2v) is 8.06. The molecular weight excluding hydrogens is 416 g/mol. The Balaban J connectivity index is 1.45. The fourth-order valence-corrected chi connectivity index (χ4v) is 3.81. The zero-order chi connectivity index (χ0) is 23.0. The van der Waals surface area contributed by atoms with Crippen molar-refractivity contribution in [3.63, 3.8) is 0 Å². The Morgan fingerprint density at radius 3 is 2.58 bits per heavy atom. The van der Waals surface area contributed by atoms with Crippen molar-refractivity contribution in [2.75, 3.05) is 18.9 Å². The maximum absolute atomic E-state index is 6.42. The van der Waals surface area contributed by atoms with E-state index in [1.807, 2.05) is 36.4 Å².